The Morgan fingerprint density at radius 2 is 1.06 bits per heavy atom. The topological polar surface area (TPSA) is 34.1 Å². The monoisotopic (exact) mass is 570 g/mol. The third kappa shape index (κ3) is 7.89. The van der Waals surface area contributed by atoms with Crippen LogP contribution in [0.15, 0.2) is 12.2 Å². The lowest BCUT2D eigenvalue weighted by Gasteiger charge is -2.38. The van der Waals surface area contributed by atoms with E-state index in [0.29, 0.717) is 6.42 Å². The van der Waals surface area contributed by atoms with E-state index in [1.807, 2.05) is 6.08 Å². The van der Waals surface area contributed by atoms with Crippen molar-refractivity contribution in [3.05, 3.63) is 12.2 Å². The number of allylic oxidation sites excluding steroid dienone is 2. The number of rotatable bonds is 12. The largest absolute Gasteiger partial charge is 0.460 e. The number of hydrogen-bond acceptors (Lipinski definition) is 2. The van der Waals surface area contributed by atoms with Gasteiger partial charge in [-0.3, -0.25) is 9.59 Å². The number of hydrogen-bond donors (Lipinski definition) is 0. The lowest BCUT2D eigenvalue weighted by molar-refractivity contribution is -0.435. The highest BCUT2D eigenvalue weighted by Crippen LogP contribution is 2.60. The Morgan fingerprint density at radius 1 is 0.647 bits per heavy atom. The third-order valence-electron chi connectivity index (χ3n) is 3.83. The zero-order chi connectivity index (χ0) is 27.8. The smallest absolute Gasteiger partial charge is 0.281 e. The van der Waals surface area contributed by atoms with Crippen LogP contribution in [0.3, 0.4) is 0 Å². The maximum absolute atomic E-state index is 12.7. The number of carbonyl (C=O) groups is 2. The second-order valence-electron chi connectivity index (χ2n) is 6.50. The number of halogens is 15. The predicted molar refractivity (Wildman–Crippen MR) is 95.0 cm³/mol. The Morgan fingerprint density at radius 3 is 1.41 bits per heavy atom. The maximum atomic E-state index is 12.7. The van der Waals surface area contributed by atoms with Crippen molar-refractivity contribution in [1.29, 1.82) is 0 Å². The summed E-state index contributed by atoms with van der Waals surface area (Å²) >= 11 is 8.92. The molecule has 0 saturated carbocycles. The third-order valence-corrected chi connectivity index (χ3v) is 4.26. The molecule has 202 valence electrons. The second-order valence-corrected chi connectivity index (χ2v) is 7.27. The number of unbranched alkanes of at least 4 members (excludes halogenated alkanes) is 3. The maximum Gasteiger partial charge on any atom is 0.460 e. The Hall–Kier alpha value is -1.25. The van der Waals surface area contributed by atoms with Gasteiger partial charge in [0.1, 0.15) is 0 Å². The minimum Gasteiger partial charge on any atom is -0.281 e. The average Bonchev–Trinajstić information content (AvgIpc) is 2.65. The molecule has 2 nitrogen and oxygen atoms in total. The Bertz CT molecular complexity index is 704. The second kappa shape index (κ2) is 12.6. The van der Waals surface area contributed by atoms with E-state index in [0.717, 1.165) is 12.8 Å². The van der Waals surface area contributed by atoms with Crippen molar-refractivity contribution in [2.75, 3.05) is 0 Å². The van der Waals surface area contributed by atoms with Gasteiger partial charge in [0.05, 0.1) is 0 Å². The van der Waals surface area contributed by atoms with E-state index in [1.54, 1.807) is 0 Å². The lowest BCUT2D eigenvalue weighted by Crippen LogP contribution is -2.70. The zero-order valence-corrected chi connectivity index (χ0v) is 18.4. The number of alkyl halides is 13. The molecule has 0 saturated heterocycles. The molecule has 0 amide bonds. The van der Waals surface area contributed by atoms with Crippen LogP contribution in [-0.4, -0.2) is 46.3 Å². The summed E-state index contributed by atoms with van der Waals surface area (Å²) < 4.78 is 160. The van der Waals surface area contributed by atoms with E-state index >= 15 is 0 Å². The molecule has 0 N–H and O–H groups in total. The van der Waals surface area contributed by atoms with Crippen LogP contribution in [0.25, 0.3) is 0 Å². The van der Waals surface area contributed by atoms with E-state index in [2.05, 4.69) is 24.6 Å². The summed E-state index contributed by atoms with van der Waals surface area (Å²) in [4.78, 5) is 20.2. The standard InChI is InChI=1S/C10H17ClO.C7ClF13O/c1-2-3-4-5-6-7-8-9-10(11)12;8-1(22)2(9,10)3(11,12)4(13,14)5(15,16)6(17,18)7(19,20)21/h6-7H,2-5,8-9H2,1H3;. The molecule has 17 heteroatoms. The highest BCUT2D eigenvalue weighted by molar-refractivity contribution is 6.65. The molecule has 0 unspecified atom stereocenters. The van der Waals surface area contributed by atoms with Crippen LogP contribution in [-0.2, 0) is 9.59 Å². The minimum absolute atomic E-state index is 0.242. The van der Waals surface area contributed by atoms with Crippen molar-refractivity contribution < 1.29 is 66.7 Å². The highest BCUT2D eigenvalue weighted by atomic mass is 35.5. The fraction of sp³-hybridized carbons (Fsp3) is 0.765. The van der Waals surface area contributed by atoms with Crippen molar-refractivity contribution in [2.45, 2.75) is 81.2 Å². The molecule has 0 aromatic heterocycles. The van der Waals surface area contributed by atoms with Gasteiger partial charge in [-0.25, -0.2) is 0 Å². The van der Waals surface area contributed by atoms with Gasteiger partial charge in [0, 0.05) is 6.42 Å². The predicted octanol–water partition coefficient (Wildman–Crippen LogP) is 8.16. The number of carbonyl (C=O) groups excluding carboxylic acids is 2. The zero-order valence-electron chi connectivity index (χ0n) is 16.9. The molecule has 0 aromatic carbocycles. The van der Waals surface area contributed by atoms with Gasteiger partial charge in [-0.05, 0) is 42.5 Å². The molecule has 0 aliphatic heterocycles. The average molecular weight is 571 g/mol. The first-order valence-electron chi connectivity index (χ1n) is 8.95. The summed E-state index contributed by atoms with van der Waals surface area (Å²) in [6.07, 6.45) is 2.86. The van der Waals surface area contributed by atoms with Gasteiger partial charge in [-0.1, -0.05) is 31.9 Å². The molecule has 0 atom stereocenters. The van der Waals surface area contributed by atoms with Gasteiger partial charge in [0.15, 0.2) is 0 Å². The summed E-state index contributed by atoms with van der Waals surface area (Å²) in [5.41, 5.74) is 0. The molecule has 0 rings (SSSR count). The van der Waals surface area contributed by atoms with Gasteiger partial charge < -0.3 is 0 Å². The highest BCUT2D eigenvalue weighted by Gasteiger charge is 2.91. The Kier molecular flexibility index (Phi) is 13.0. The van der Waals surface area contributed by atoms with Crippen molar-refractivity contribution in [1.82, 2.24) is 0 Å². The molecule has 0 radical (unpaired) electrons. The first kappa shape index (κ1) is 34.9. The van der Waals surface area contributed by atoms with E-state index in [9.17, 15) is 66.7 Å². The van der Waals surface area contributed by atoms with Gasteiger partial charge in [0.25, 0.3) is 5.24 Å². The molecular weight excluding hydrogens is 554 g/mol. The Labute approximate surface area is 194 Å². The molecule has 0 aliphatic rings. The van der Waals surface area contributed by atoms with Crippen molar-refractivity contribution in [3.8, 4) is 0 Å². The quantitative estimate of drug-likeness (QED) is 0.103. The van der Waals surface area contributed by atoms with Crippen molar-refractivity contribution in [3.63, 3.8) is 0 Å². The van der Waals surface area contributed by atoms with E-state index in [-0.39, 0.29) is 5.24 Å². The minimum atomic E-state index is -8.03. The van der Waals surface area contributed by atoms with Crippen LogP contribution in [0, 0.1) is 0 Å². The molecule has 0 fully saturated rings. The molecule has 0 aliphatic carbocycles. The van der Waals surface area contributed by atoms with Crippen LogP contribution in [0.5, 0.6) is 0 Å². The summed E-state index contributed by atoms with van der Waals surface area (Å²) in [5, 5.41) is -3.92. The van der Waals surface area contributed by atoms with Gasteiger partial charge in [-0.2, -0.15) is 57.1 Å². The van der Waals surface area contributed by atoms with Crippen molar-refractivity contribution in [2.24, 2.45) is 0 Å². The molecular formula is C17H17Cl2F13O2. The molecule has 34 heavy (non-hydrogen) atoms. The van der Waals surface area contributed by atoms with Crippen LogP contribution in [0.1, 0.15) is 45.4 Å². The summed E-state index contributed by atoms with van der Waals surface area (Å²) in [6.45, 7) is 2.19. The fourth-order valence-electron chi connectivity index (χ4n) is 1.84. The lowest BCUT2D eigenvalue weighted by atomic mass is 9.94. The van der Waals surface area contributed by atoms with Gasteiger partial charge in [0.2, 0.25) is 5.24 Å². The van der Waals surface area contributed by atoms with Gasteiger partial charge in [-0.15, -0.1) is 0 Å². The van der Waals surface area contributed by atoms with E-state index in [4.69, 9.17) is 11.6 Å². The molecule has 0 aromatic rings. The van der Waals surface area contributed by atoms with E-state index in [1.165, 1.54) is 19.3 Å². The van der Waals surface area contributed by atoms with Crippen LogP contribution < -0.4 is 0 Å². The first-order valence-corrected chi connectivity index (χ1v) is 9.71. The van der Waals surface area contributed by atoms with E-state index < -0.39 is 41.0 Å². The normalized spacial score (nSPS) is 14.1. The molecule has 0 heterocycles. The fourth-order valence-corrected chi connectivity index (χ4v) is 2.07. The van der Waals surface area contributed by atoms with Crippen molar-refractivity contribution >= 4 is 33.7 Å². The molecule has 0 bridgehead atoms. The molecule has 0 spiro atoms. The Balaban J connectivity index is 0. The van der Waals surface area contributed by atoms with Crippen LogP contribution in [0.2, 0.25) is 0 Å². The summed E-state index contributed by atoms with van der Waals surface area (Å²) in [7, 11) is 0. The first-order chi connectivity index (χ1) is 15.0. The van der Waals surface area contributed by atoms with Crippen LogP contribution >= 0.6 is 23.2 Å². The SMILES string of the molecule is CCCCCC=CCCC(=O)Cl.O=C(Cl)C(F)(F)C(F)(F)C(F)(F)C(F)(F)C(F)(F)C(F)(F)F. The summed E-state index contributed by atoms with van der Waals surface area (Å²) in [6, 6.07) is 0. The van der Waals surface area contributed by atoms with Crippen LogP contribution in [0.4, 0.5) is 57.1 Å². The summed E-state index contributed by atoms with van der Waals surface area (Å²) in [5.74, 6) is -38.4. The van der Waals surface area contributed by atoms with Gasteiger partial charge >= 0.3 is 35.8 Å².